The number of halogens is 3. The first-order chi connectivity index (χ1) is 13.2. The maximum Gasteiger partial charge on any atom is 0.416 e. The highest BCUT2D eigenvalue weighted by Crippen LogP contribution is 2.32. The number of sulfonamides is 1. The standard InChI is InChI=1S/C19H16F3N3O2S/c1-23-28(26,27)16-10-4-13(5-11-16)17-3-2-12-24-18(17)25-15-8-6-14(7-9-15)19(20,21)22/h2-12,23H,1H3,(H,24,25). The average Bonchev–Trinajstić information content (AvgIpc) is 2.68. The second-order valence-electron chi connectivity index (χ2n) is 5.83. The molecule has 0 aliphatic carbocycles. The van der Waals surface area contributed by atoms with Gasteiger partial charge in [-0.3, -0.25) is 0 Å². The highest BCUT2D eigenvalue weighted by molar-refractivity contribution is 7.89. The fourth-order valence-corrected chi connectivity index (χ4v) is 3.28. The predicted molar refractivity (Wildman–Crippen MR) is 101 cm³/mol. The summed E-state index contributed by atoms with van der Waals surface area (Å²) in [6, 6.07) is 14.3. The largest absolute Gasteiger partial charge is 0.416 e. The van der Waals surface area contributed by atoms with E-state index in [1.165, 1.54) is 31.3 Å². The van der Waals surface area contributed by atoms with Crippen LogP contribution >= 0.6 is 0 Å². The monoisotopic (exact) mass is 407 g/mol. The van der Waals surface area contributed by atoms with E-state index in [9.17, 15) is 21.6 Å². The Balaban J connectivity index is 1.90. The lowest BCUT2D eigenvalue weighted by Crippen LogP contribution is -2.18. The fraction of sp³-hybridized carbons (Fsp3) is 0.105. The Morgan fingerprint density at radius 3 is 2.14 bits per heavy atom. The van der Waals surface area contributed by atoms with Crippen molar-refractivity contribution in [3.8, 4) is 11.1 Å². The van der Waals surface area contributed by atoms with Crippen molar-refractivity contribution in [2.45, 2.75) is 11.1 Å². The lowest BCUT2D eigenvalue weighted by Gasteiger charge is -2.13. The minimum absolute atomic E-state index is 0.125. The predicted octanol–water partition coefficient (Wildman–Crippen LogP) is 4.42. The van der Waals surface area contributed by atoms with Crippen LogP contribution in [-0.2, 0) is 16.2 Å². The second-order valence-corrected chi connectivity index (χ2v) is 7.72. The quantitative estimate of drug-likeness (QED) is 0.657. The minimum atomic E-state index is -4.40. The maximum absolute atomic E-state index is 12.7. The van der Waals surface area contributed by atoms with Gasteiger partial charge >= 0.3 is 6.18 Å². The molecule has 9 heteroatoms. The molecule has 3 rings (SSSR count). The number of hydrogen-bond acceptors (Lipinski definition) is 4. The first-order valence-corrected chi connectivity index (χ1v) is 9.62. The van der Waals surface area contributed by atoms with Crippen LogP contribution < -0.4 is 10.0 Å². The SMILES string of the molecule is CNS(=O)(=O)c1ccc(-c2cccnc2Nc2ccc(C(F)(F)F)cc2)cc1. The van der Waals surface area contributed by atoms with Gasteiger partial charge in [0, 0.05) is 17.4 Å². The topological polar surface area (TPSA) is 71.1 Å². The number of pyridine rings is 1. The summed E-state index contributed by atoms with van der Waals surface area (Å²) < 4.78 is 64.0. The van der Waals surface area contributed by atoms with Crippen LogP contribution in [0, 0.1) is 0 Å². The molecule has 0 spiro atoms. The van der Waals surface area contributed by atoms with Gasteiger partial charge in [0.2, 0.25) is 10.0 Å². The van der Waals surface area contributed by atoms with Crippen molar-refractivity contribution in [1.29, 1.82) is 0 Å². The number of nitrogens with zero attached hydrogens (tertiary/aromatic N) is 1. The number of benzene rings is 2. The molecule has 0 amide bonds. The number of rotatable bonds is 5. The van der Waals surface area contributed by atoms with Crippen molar-refractivity contribution in [2.24, 2.45) is 0 Å². The van der Waals surface area contributed by atoms with Gasteiger partial charge in [0.25, 0.3) is 0 Å². The number of hydrogen-bond donors (Lipinski definition) is 2. The molecule has 0 atom stereocenters. The molecule has 5 nitrogen and oxygen atoms in total. The van der Waals surface area contributed by atoms with E-state index in [-0.39, 0.29) is 4.90 Å². The van der Waals surface area contributed by atoms with Crippen molar-refractivity contribution >= 4 is 21.5 Å². The van der Waals surface area contributed by atoms with Crippen molar-refractivity contribution in [1.82, 2.24) is 9.71 Å². The van der Waals surface area contributed by atoms with Gasteiger partial charge in [-0.05, 0) is 61.1 Å². The second kappa shape index (κ2) is 7.61. The molecule has 0 radical (unpaired) electrons. The van der Waals surface area contributed by atoms with E-state index in [4.69, 9.17) is 0 Å². The van der Waals surface area contributed by atoms with Gasteiger partial charge in [-0.1, -0.05) is 12.1 Å². The van der Waals surface area contributed by atoms with Crippen molar-refractivity contribution < 1.29 is 21.6 Å². The van der Waals surface area contributed by atoms with E-state index in [1.54, 1.807) is 30.5 Å². The number of nitrogens with one attached hydrogen (secondary N) is 2. The molecule has 0 aliphatic rings. The van der Waals surface area contributed by atoms with Gasteiger partial charge in [0.1, 0.15) is 5.82 Å². The van der Waals surface area contributed by atoms with Crippen molar-refractivity contribution in [3.63, 3.8) is 0 Å². The van der Waals surface area contributed by atoms with Gasteiger partial charge in [-0.15, -0.1) is 0 Å². The highest BCUT2D eigenvalue weighted by Gasteiger charge is 2.29. The summed E-state index contributed by atoms with van der Waals surface area (Å²) in [6.45, 7) is 0. The first-order valence-electron chi connectivity index (χ1n) is 8.14. The molecule has 146 valence electrons. The lowest BCUT2D eigenvalue weighted by molar-refractivity contribution is -0.137. The van der Waals surface area contributed by atoms with Gasteiger partial charge in [0.05, 0.1) is 10.5 Å². The van der Waals surface area contributed by atoms with E-state index < -0.39 is 21.8 Å². The smallest absolute Gasteiger partial charge is 0.340 e. The Hall–Kier alpha value is -2.91. The summed E-state index contributed by atoms with van der Waals surface area (Å²) in [5.74, 6) is 0.437. The summed E-state index contributed by atoms with van der Waals surface area (Å²) in [6.07, 6.45) is -2.85. The molecular formula is C19H16F3N3O2S. The van der Waals surface area contributed by atoms with Crippen LogP contribution in [0.25, 0.3) is 11.1 Å². The van der Waals surface area contributed by atoms with E-state index in [0.29, 0.717) is 22.6 Å². The zero-order valence-corrected chi connectivity index (χ0v) is 15.5. The molecule has 0 unspecified atom stereocenters. The Labute approximate surface area is 160 Å². The molecule has 2 N–H and O–H groups in total. The van der Waals surface area contributed by atoms with Crippen LogP contribution in [0.2, 0.25) is 0 Å². The van der Waals surface area contributed by atoms with E-state index in [0.717, 1.165) is 12.1 Å². The average molecular weight is 407 g/mol. The molecule has 2 aromatic carbocycles. The van der Waals surface area contributed by atoms with Crippen LogP contribution in [0.3, 0.4) is 0 Å². The van der Waals surface area contributed by atoms with E-state index in [1.807, 2.05) is 0 Å². The summed E-state index contributed by atoms with van der Waals surface area (Å²) in [7, 11) is -2.22. The van der Waals surface area contributed by atoms with Gasteiger partial charge in [-0.2, -0.15) is 13.2 Å². The Morgan fingerprint density at radius 1 is 0.929 bits per heavy atom. The first kappa shape index (κ1) is 19.8. The molecule has 28 heavy (non-hydrogen) atoms. The van der Waals surface area contributed by atoms with E-state index >= 15 is 0 Å². The maximum atomic E-state index is 12.7. The molecule has 0 aliphatic heterocycles. The highest BCUT2D eigenvalue weighted by atomic mass is 32.2. The normalized spacial score (nSPS) is 12.0. The zero-order chi connectivity index (χ0) is 20.4. The summed E-state index contributed by atoms with van der Waals surface area (Å²) >= 11 is 0. The molecule has 0 bridgehead atoms. The summed E-state index contributed by atoms with van der Waals surface area (Å²) in [5, 5.41) is 3.00. The van der Waals surface area contributed by atoms with Crippen LogP contribution in [-0.4, -0.2) is 20.4 Å². The Bertz CT molecular complexity index is 1060. The van der Waals surface area contributed by atoms with E-state index in [2.05, 4.69) is 15.0 Å². The number of aromatic nitrogens is 1. The molecule has 0 saturated carbocycles. The molecule has 1 heterocycles. The molecule has 1 aromatic heterocycles. The van der Waals surface area contributed by atoms with Crippen LogP contribution in [0.5, 0.6) is 0 Å². The zero-order valence-electron chi connectivity index (χ0n) is 14.7. The van der Waals surface area contributed by atoms with Crippen LogP contribution in [0.15, 0.2) is 71.8 Å². The molecule has 0 saturated heterocycles. The minimum Gasteiger partial charge on any atom is -0.340 e. The third-order valence-electron chi connectivity index (χ3n) is 4.03. The third kappa shape index (κ3) is 4.32. The number of anilines is 2. The van der Waals surface area contributed by atoms with Crippen molar-refractivity contribution in [2.75, 3.05) is 12.4 Å². The summed E-state index contributed by atoms with van der Waals surface area (Å²) in [4.78, 5) is 4.37. The molecule has 3 aromatic rings. The third-order valence-corrected chi connectivity index (χ3v) is 5.46. The number of alkyl halides is 3. The lowest BCUT2D eigenvalue weighted by atomic mass is 10.1. The van der Waals surface area contributed by atoms with Crippen molar-refractivity contribution in [3.05, 3.63) is 72.4 Å². The molecule has 0 fully saturated rings. The fourth-order valence-electron chi connectivity index (χ4n) is 2.55. The van der Waals surface area contributed by atoms with Crippen LogP contribution in [0.4, 0.5) is 24.7 Å². The van der Waals surface area contributed by atoms with Crippen LogP contribution in [0.1, 0.15) is 5.56 Å². The molecular weight excluding hydrogens is 391 g/mol. The van der Waals surface area contributed by atoms with Gasteiger partial charge < -0.3 is 5.32 Å². The summed E-state index contributed by atoms with van der Waals surface area (Å²) in [5.41, 5.74) is 1.09. The van der Waals surface area contributed by atoms with Gasteiger partial charge in [0.15, 0.2) is 0 Å². The Morgan fingerprint density at radius 2 is 1.57 bits per heavy atom. The Kier molecular flexibility index (Phi) is 5.39. The van der Waals surface area contributed by atoms with Gasteiger partial charge in [-0.25, -0.2) is 18.1 Å².